The number of carbonyl (C=O) groups is 2. The Kier molecular flexibility index (Phi) is 21.5. The number of rotatable bonds is 20. The molecule has 14 heteroatoms. The molecule has 1 saturated carbocycles. The van der Waals surface area contributed by atoms with E-state index in [-0.39, 0.29) is 42.4 Å². The summed E-state index contributed by atoms with van der Waals surface area (Å²) in [6.45, 7) is 3.01. The minimum Gasteiger partial charge on any atom is -0.756 e. The van der Waals surface area contributed by atoms with Gasteiger partial charge in [0.15, 0.2) is 6.10 Å². The van der Waals surface area contributed by atoms with Crippen molar-refractivity contribution in [3.8, 4) is 0 Å². The number of unbranched alkanes of at least 4 members (excludes halogenated alkanes) is 8. The second kappa shape index (κ2) is 21.6. The monoisotopic (exact) mass is 592 g/mol. The van der Waals surface area contributed by atoms with Crippen molar-refractivity contribution < 1.29 is 87.6 Å². The normalized spacial score (nSPS) is 25.3. The molecule has 0 heterocycles. The van der Waals surface area contributed by atoms with Crippen molar-refractivity contribution >= 4 is 19.8 Å². The Labute approximate surface area is 253 Å². The molecule has 4 N–H and O–H groups in total. The summed E-state index contributed by atoms with van der Waals surface area (Å²) < 4.78 is 32.4. The number of carbonyl (C=O) groups excluding carboxylic acids is 2. The zero-order chi connectivity index (χ0) is 28.6. The fraction of sp³-hybridized carbons (Fsp3) is 0.920. The number of ether oxygens (including phenoxy) is 2. The summed E-state index contributed by atoms with van der Waals surface area (Å²) in [5.74, 6) is -1.10. The van der Waals surface area contributed by atoms with Gasteiger partial charge in [0.05, 0.1) is 18.8 Å². The third-order valence-electron chi connectivity index (χ3n) is 6.31. The van der Waals surface area contributed by atoms with Crippen LogP contribution >= 0.6 is 7.82 Å². The Bertz CT molecular complexity index is 727. The molecule has 224 valence electrons. The van der Waals surface area contributed by atoms with Gasteiger partial charge in [-0.05, 0) is 12.8 Å². The van der Waals surface area contributed by atoms with Crippen molar-refractivity contribution in [2.45, 2.75) is 134 Å². The van der Waals surface area contributed by atoms with Crippen molar-refractivity contribution in [3.63, 3.8) is 0 Å². The van der Waals surface area contributed by atoms with Crippen LogP contribution in [0.4, 0.5) is 0 Å². The predicted octanol–water partition coefficient (Wildman–Crippen LogP) is -1.12. The van der Waals surface area contributed by atoms with E-state index in [2.05, 4.69) is 13.8 Å². The third kappa shape index (κ3) is 16.8. The molecular formula is C25H46NaO12P. The maximum atomic E-state index is 12.4. The van der Waals surface area contributed by atoms with E-state index in [1.165, 1.54) is 0 Å². The van der Waals surface area contributed by atoms with Crippen molar-refractivity contribution in [2.75, 3.05) is 13.2 Å². The Morgan fingerprint density at radius 2 is 1.36 bits per heavy atom. The maximum Gasteiger partial charge on any atom is 1.00 e. The van der Waals surface area contributed by atoms with Crippen LogP contribution in [-0.2, 0) is 32.7 Å². The fourth-order valence-electron chi connectivity index (χ4n) is 4.02. The van der Waals surface area contributed by atoms with Crippen LogP contribution in [0.2, 0.25) is 0 Å². The van der Waals surface area contributed by atoms with E-state index in [9.17, 15) is 39.5 Å². The molecule has 1 unspecified atom stereocenters. The van der Waals surface area contributed by atoms with Crippen LogP contribution in [0.3, 0.4) is 0 Å². The Hall–Kier alpha value is -0.110. The van der Waals surface area contributed by atoms with Crippen molar-refractivity contribution in [2.24, 2.45) is 0 Å². The van der Waals surface area contributed by atoms with Crippen molar-refractivity contribution in [1.82, 2.24) is 0 Å². The van der Waals surface area contributed by atoms with Crippen LogP contribution in [0.25, 0.3) is 0 Å². The molecule has 0 saturated heterocycles. The van der Waals surface area contributed by atoms with Crippen LogP contribution in [0.5, 0.6) is 0 Å². The van der Waals surface area contributed by atoms with Crippen molar-refractivity contribution in [1.29, 1.82) is 0 Å². The van der Waals surface area contributed by atoms with E-state index in [1.807, 2.05) is 0 Å². The molecule has 1 aliphatic carbocycles. The van der Waals surface area contributed by atoms with Crippen molar-refractivity contribution in [3.05, 3.63) is 0 Å². The van der Waals surface area contributed by atoms with E-state index < -0.39 is 76.0 Å². The molecule has 0 bridgehead atoms. The van der Waals surface area contributed by atoms with E-state index >= 15 is 0 Å². The van der Waals surface area contributed by atoms with Gasteiger partial charge in [0.1, 0.15) is 24.9 Å². The molecule has 0 radical (unpaired) electrons. The van der Waals surface area contributed by atoms with Gasteiger partial charge in [-0.2, -0.15) is 0 Å². The summed E-state index contributed by atoms with van der Waals surface area (Å²) in [4.78, 5) is 36.7. The fourth-order valence-corrected chi connectivity index (χ4v) is 4.99. The standard InChI is InChI=1S/C25H47O12P.Na/c1-3-5-7-9-11-13-21(28)34-16-18(36-22(29)14-12-10-8-6-4-2)17-35-38(32,33)37-25-20(27)15-19(26)23(30)24(25)31;/h18-20,23-27,30-31H,3-17H2,1-2H3,(H,32,33);/q;+1/p-1/t18-,19-,20-,23+,24-,25-;/m1./s1. The first-order valence-electron chi connectivity index (χ1n) is 13.7. The number of phosphoric acid groups is 1. The van der Waals surface area contributed by atoms with E-state index in [0.717, 1.165) is 51.4 Å². The van der Waals surface area contributed by atoms with Gasteiger partial charge in [0.2, 0.25) is 0 Å². The molecule has 12 nitrogen and oxygen atoms in total. The van der Waals surface area contributed by atoms with Crippen LogP contribution in [-0.4, -0.2) is 82.2 Å². The molecule has 0 aromatic heterocycles. The molecule has 39 heavy (non-hydrogen) atoms. The first-order chi connectivity index (χ1) is 18.0. The van der Waals surface area contributed by atoms with Gasteiger partial charge in [-0.15, -0.1) is 0 Å². The molecule has 0 spiro atoms. The number of hydrogen-bond donors (Lipinski definition) is 4. The summed E-state index contributed by atoms with van der Waals surface area (Å²) in [6, 6.07) is 0. The van der Waals surface area contributed by atoms with Gasteiger partial charge in [-0.1, -0.05) is 65.2 Å². The number of phosphoric ester groups is 1. The summed E-state index contributed by atoms with van der Waals surface area (Å²) in [5, 5.41) is 39.4. The minimum atomic E-state index is -5.18. The molecule has 0 aliphatic heterocycles. The Balaban J connectivity index is 0.0000144. The molecule has 0 aromatic carbocycles. The van der Waals surface area contributed by atoms with Gasteiger partial charge in [0, 0.05) is 19.3 Å². The van der Waals surface area contributed by atoms with E-state index in [4.69, 9.17) is 18.5 Å². The van der Waals surface area contributed by atoms with Crippen LogP contribution in [0.1, 0.15) is 97.3 Å². The topological polar surface area (TPSA) is 192 Å². The second-order valence-corrected chi connectivity index (χ2v) is 11.2. The third-order valence-corrected chi connectivity index (χ3v) is 7.28. The number of esters is 2. The summed E-state index contributed by atoms with van der Waals surface area (Å²) in [6.07, 6.45) is -0.592. The quantitative estimate of drug-likeness (QED) is 0.0577. The number of aliphatic hydroxyl groups is 4. The van der Waals surface area contributed by atoms with Gasteiger partial charge in [-0.3, -0.25) is 14.2 Å². The summed E-state index contributed by atoms with van der Waals surface area (Å²) >= 11 is 0. The predicted molar refractivity (Wildman–Crippen MR) is 135 cm³/mol. The smallest absolute Gasteiger partial charge is 0.756 e. The molecule has 1 aliphatic rings. The van der Waals surface area contributed by atoms with Gasteiger partial charge >= 0.3 is 41.5 Å². The van der Waals surface area contributed by atoms with Crippen LogP contribution < -0.4 is 34.5 Å². The zero-order valence-electron chi connectivity index (χ0n) is 23.6. The summed E-state index contributed by atoms with van der Waals surface area (Å²) in [5.41, 5.74) is 0. The largest absolute Gasteiger partial charge is 1.00 e. The van der Waals surface area contributed by atoms with Gasteiger partial charge in [-0.25, -0.2) is 0 Å². The van der Waals surface area contributed by atoms with Gasteiger partial charge < -0.3 is 43.8 Å². The van der Waals surface area contributed by atoms with E-state index in [1.54, 1.807) is 0 Å². The molecule has 7 atom stereocenters. The Morgan fingerprint density at radius 3 is 1.92 bits per heavy atom. The zero-order valence-corrected chi connectivity index (χ0v) is 26.5. The molecular weight excluding hydrogens is 546 g/mol. The molecule has 1 fully saturated rings. The minimum absolute atomic E-state index is 0. The maximum absolute atomic E-state index is 12.4. The van der Waals surface area contributed by atoms with Crippen LogP contribution in [0, 0.1) is 0 Å². The SMILES string of the molecule is CCCCCCCC(=O)OC[C@H](COP(=O)([O-])O[C@H]1[C@H](O)[C@@H](O)[C@H](O)C[C@H]1O)OC(=O)CCCCCCC.[Na+]. The first-order valence-corrected chi connectivity index (χ1v) is 15.2. The number of hydrogen-bond acceptors (Lipinski definition) is 12. The molecule has 0 amide bonds. The summed E-state index contributed by atoms with van der Waals surface area (Å²) in [7, 11) is -5.18. The average molecular weight is 593 g/mol. The average Bonchev–Trinajstić information content (AvgIpc) is 2.86. The number of aliphatic hydroxyl groups excluding tert-OH is 4. The molecule has 0 aromatic rings. The molecule has 1 rings (SSSR count). The first kappa shape index (κ1) is 38.9. The van der Waals surface area contributed by atoms with Gasteiger partial charge in [0.25, 0.3) is 7.82 Å². The van der Waals surface area contributed by atoms with Crippen LogP contribution in [0.15, 0.2) is 0 Å². The Morgan fingerprint density at radius 1 is 0.821 bits per heavy atom. The second-order valence-electron chi connectivity index (χ2n) is 9.79. The van der Waals surface area contributed by atoms with E-state index in [0.29, 0.717) is 12.8 Å².